The predicted octanol–water partition coefficient (Wildman–Crippen LogP) is 4.84. The fraction of sp³-hybridized carbons (Fsp3) is 0.143. The van der Waals surface area contributed by atoms with Gasteiger partial charge in [0.25, 0.3) is 0 Å². The number of pyridine rings is 1. The van der Waals surface area contributed by atoms with Crippen LogP contribution in [0.4, 0.5) is 5.69 Å². The molecule has 92 valence electrons. The van der Waals surface area contributed by atoms with Crippen molar-refractivity contribution >= 4 is 34.6 Å². The first-order valence-electron chi connectivity index (χ1n) is 5.49. The van der Waals surface area contributed by atoms with Crippen molar-refractivity contribution < 1.29 is 0 Å². The second kappa shape index (κ2) is 5.51. The van der Waals surface area contributed by atoms with E-state index in [2.05, 4.69) is 9.98 Å². The van der Waals surface area contributed by atoms with Crippen molar-refractivity contribution in [3.63, 3.8) is 0 Å². The van der Waals surface area contributed by atoms with Crippen molar-refractivity contribution in [2.45, 2.75) is 13.8 Å². The highest BCUT2D eigenvalue weighted by atomic mass is 35.5. The van der Waals surface area contributed by atoms with E-state index in [1.54, 1.807) is 12.4 Å². The number of nitrogens with zero attached hydrogens (tertiary/aromatic N) is 2. The van der Waals surface area contributed by atoms with Gasteiger partial charge in [-0.05, 0) is 37.6 Å². The van der Waals surface area contributed by atoms with E-state index in [0.29, 0.717) is 15.7 Å². The van der Waals surface area contributed by atoms with E-state index in [0.717, 1.165) is 16.8 Å². The maximum absolute atomic E-state index is 6.16. The van der Waals surface area contributed by atoms with E-state index in [1.165, 1.54) is 0 Å². The minimum absolute atomic E-state index is 0.559. The molecule has 0 aliphatic rings. The van der Waals surface area contributed by atoms with Crippen LogP contribution in [0.1, 0.15) is 18.1 Å². The Balaban J connectivity index is 2.45. The molecule has 0 N–H and O–H groups in total. The van der Waals surface area contributed by atoms with Gasteiger partial charge in [-0.15, -0.1) is 0 Å². The second-order valence-electron chi connectivity index (χ2n) is 4.02. The molecule has 0 radical (unpaired) electrons. The number of aryl methyl sites for hydroxylation is 1. The van der Waals surface area contributed by atoms with Crippen LogP contribution in [0.25, 0.3) is 0 Å². The van der Waals surface area contributed by atoms with Gasteiger partial charge in [0.1, 0.15) is 5.69 Å². The zero-order valence-corrected chi connectivity index (χ0v) is 11.6. The smallest absolute Gasteiger partial charge is 0.100 e. The highest BCUT2D eigenvalue weighted by Gasteiger charge is 2.07. The van der Waals surface area contributed by atoms with E-state index < -0.39 is 0 Å². The predicted molar refractivity (Wildman–Crippen MR) is 77.3 cm³/mol. The fourth-order valence-corrected chi connectivity index (χ4v) is 2.29. The van der Waals surface area contributed by atoms with E-state index in [4.69, 9.17) is 23.2 Å². The van der Waals surface area contributed by atoms with Crippen LogP contribution >= 0.6 is 23.2 Å². The molecule has 1 aromatic carbocycles. The Hall–Kier alpha value is -1.38. The van der Waals surface area contributed by atoms with Crippen LogP contribution in [0, 0.1) is 6.92 Å². The third-order valence-electron chi connectivity index (χ3n) is 2.52. The first-order chi connectivity index (χ1) is 8.58. The first kappa shape index (κ1) is 13.1. The van der Waals surface area contributed by atoms with Gasteiger partial charge >= 0.3 is 0 Å². The Morgan fingerprint density at radius 3 is 2.44 bits per heavy atom. The Kier molecular flexibility index (Phi) is 4.00. The van der Waals surface area contributed by atoms with Gasteiger partial charge < -0.3 is 0 Å². The molecule has 0 aliphatic heterocycles. The Bertz CT molecular complexity index is 569. The van der Waals surface area contributed by atoms with Crippen LogP contribution in [0.3, 0.4) is 0 Å². The van der Waals surface area contributed by atoms with Crippen LogP contribution in [-0.4, -0.2) is 10.7 Å². The van der Waals surface area contributed by atoms with Gasteiger partial charge in [-0.1, -0.05) is 29.3 Å². The lowest BCUT2D eigenvalue weighted by atomic mass is 10.2. The summed E-state index contributed by atoms with van der Waals surface area (Å²) in [5.74, 6) is 0. The summed E-state index contributed by atoms with van der Waals surface area (Å²) in [5.41, 5.74) is 3.40. The molecule has 0 aliphatic carbocycles. The van der Waals surface area contributed by atoms with E-state index in [1.807, 2.05) is 38.1 Å². The minimum Gasteiger partial charge on any atom is -0.264 e. The maximum atomic E-state index is 6.16. The zero-order chi connectivity index (χ0) is 13.1. The number of halogens is 2. The van der Waals surface area contributed by atoms with Gasteiger partial charge in [0, 0.05) is 23.7 Å². The SMILES string of the molecule is CC(=Nc1c(Cl)cc(C)cc1Cl)c1cccnc1. The topological polar surface area (TPSA) is 25.2 Å². The number of rotatable bonds is 2. The number of benzene rings is 1. The quantitative estimate of drug-likeness (QED) is 0.722. The molecular weight excluding hydrogens is 267 g/mol. The van der Waals surface area contributed by atoms with Gasteiger partial charge in [-0.3, -0.25) is 4.98 Å². The summed E-state index contributed by atoms with van der Waals surface area (Å²) in [6, 6.07) is 7.51. The van der Waals surface area contributed by atoms with Crippen LogP contribution in [-0.2, 0) is 0 Å². The average molecular weight is 279 g/mol. The minimum atomic E-state index is 0.559. The molecule has 0 amide bonds. The summed E-state index contributed by atoms with van der Waals surface area (Å²) >= 11 is 12.3. The maximum Gasteiger partial charge on any atom is 0.100 e. The van der Waals surface area contributed by atoms with E-state index in [-0.39, 0.29) is 0 Å². The van der Waals surface area contributed by atoms with Crippen molar-refractivity contribution in [2.75, 3.05) is 0 Å². The molecule has 0 atom stereocenters. The molecule has 2 rings (SSSR count). The largest absolute Gasteiger partial charge is 0.264 e. The summed E-state index contributed by atoms with van der Waals surface area (Å²) in [7, 11) is 0. The van der Waals surface area contributed by atoms with Crippen molar-refractivity contribution in [1.82, 2.24) is 4.98 Å². The van der Waals surface area contributed by atoms with Gasteiger partial charge in [-0.25, -0.2) is 4.99 Å². The van der Waals surface area contributed by atoms with Crippen molar-refractivity contribution in [1.29, 1.82) is 0 Å². The van der Waals surface area contributed by atoms with Crippen molar-refractivity contribution in [3.05, 3.63) is 57.8 Å². The molecule has 4 heteroatoms. The molecule has 0 bridgehead atoms. The number of aromatic nitrogens is 1. The molecule has 18 heavy (non-hydrogen) atoms. The van der Waals surface area contributed by atoms with Crippen LogP contribution in [0.2, 0.25) is 10.0 Å². The average Bonchev–Trinajstić information content (AvgIpc) is 2.34. The Morgan fingerprint density at radius 2 is 1.89 bits per heavy atom. The molecule has 2 nitrogen and oxygen atoms in total. The molecule has 1 aromatic heterocycles. The molecule has 1 heterocycles. The van der Waals surface area contributed by atoms with Crippen molar-refractivity contribution in [2.24, 2.45) is 4.99 Å². The van der Waals surface area contributed by atoms with E-state index >= 15 is 0 Å². The molecule has 2 aromatic rings. The Labute approximate surface area is 116 Å². The monoisotopic (exact) mass is 278 g/mol. The molecular formula is C14H12Cl2N2. The van der Waals surface area contributed by atoms with Gasteiger partial charge in [0.15, 0.2) is 0 Å². The van der Waals surface area contributed by atoms with Crippen molar-refractivity contribution in [3.8, 4) is 0 Å². The number of hydrogen-bond acceptors (Lipinski definition) is 2. The summed E-state index contributed by atoms with van der Waals surface area (Å²) in [6.07, 6.45) is 3.48. The van der Waals surface area contributed by atoms with Crippen LogP contribution < -0.4 is 0 Å². The van der Waals surface area contributed by atoms with Gasteiger partial charge in [-0.2, -0.15) is 0 Å². The summed E-state index contributed by atoms with van der Waals surface area (Å²) < 4.78 is 0. The van der Waals surface area contributed by atoms with E-state index in [9.17, 15) is 0 Å². The third-order valence-corrected chi connectivity index (χ3v) is 3.10. The summed E-state index contributed by atoms with van der Waals surface area (Å²) in [4.78, 5) is 8.54. The molecule has 0 fully saturated rings. The van der Waals surface area contributed by atoms with Gasteiger partial charge in [0.2, 0.25) is 0 Å². The summed E-state index contributed by atoms with van der Waals surface area (Å²) in [6.45, 7) is 3.85. The molecule has 0 saturated carbocycles. The third kappa shape index (κ3) is 2.89. The first-order valence-corrected chi connectivity index (χ1v) is 6.25. The molecule has 0 spiro atoms. The standard InChI is InChI=1S/C14H12Cl2N2/c1-9-6-12(15)14(13(16)7-9)18-10(2)11-4-3-5-17-8-11/h3-8H,1-2H3. The van der Waals surface area contributed by atoms with Crippen LogP contribution in [0.5, 0.6) is 0 Å². The normalized spacial score (nSPS) is 11.7. The lowest BCUT2D eigenvalue weighted by Gasteiger charge is -2.05. The number of hydrogen-bond donors (Lipinski definition) is 0. The number of aliphatic imine (C=N–C) groups is 1. The zero-order valence-electron chi connectivity index (χ0n) is 10.1. The van der Waals surface area contributed by atoms with Crippen LogP contribution in [0.15, 0.2) is 41.7 Å². The lowest BCUT2D eigenvalue weighted by molar-refractivity contribution is 1.31. The second-order valence-corrected chi connectivity index (χ2v) is 4.83. The molecule has 0 unspecified atom stereocenters. The Morgan fingerprint density at radius 1 is 1.22 bits per heavy atom. The highest BCUT2D eigenvalue weighted by molar-refractivity contribution is 6.39. The fourth-order valence-electron chi connectivity index (χ4n) is 1.61. The lowest BCUT2D eigenvalue weighted by Crippen LogP contribution is -1.94. The summed E-state index contributed by atoms with van der Waals surface area (Å²) in [5, 5.41) is 1.12. The highest BCUT2D eigenvalue weighted by Crippen LogP contribution is 2.34. The van der Waals surface area contributed by atoms with Gasteiger partial charge in [0.05, 0.1) is 10.0 Å². The molecule has 0 saturated heterocycles.